The molecular weight excluding hydrogens is 679 g/mol. The van der Waals surface area contributed by atoms with Gasteiger partial charge < -0.3 is 24.5 Å². The zero-order valence-electron chi connectivity index (χ0n) is 30.4. The van der Waals surface area contributed by atoms with Gasteiger partial charge in [-0.3, -0.25) is 19.3 Å². The van der Waals surface area contributed by atoms with Crippen molar-refractivity contribution in [3.8, 4) is 22.8 Å². The first-order valence-corrected chi connectivity index (χ1v) is 18.5. The molecule has 0 aliphatic carbocycles. The Kier molecular flexibility index (Phi) is 9.79. The third kappa shape index (κ3) is 7.14. The van der Waals surface area contributed by atoms with Crippen molar-refractivity contribution in [2.75, 3.05) is 32.5 Å². The molecule has 2 aliphatic heterocycles. The normalized spacial score (nSPS) is 17.7. The van der Waals surface area contributed by atoms with Crippen LogP contribution in [0.5, 0.6) is 0 Å². The number of nitrogens with zero attached hydrogens (tertiary/aromatic N) is 5. The minimum absolute atomic E-state index is 0.0797. The Labute approximate surface area is 314 Å². The lowest BCUT2D eigenvalue weighted by Crippen LogP contribution is -2.47. The van der Waals surface area contributed by atoms with Gasteiger partial charge in [0.25, 0.3) is 0 Å². The number of nitrogens with one attached hydrogen (secondary N) is 2. The first kappa shape index (κ1) is 35.0. The van der Waals surface area contributed by atoms with E-state index in [1.54, 1.807) is 11.1 Å². The quantitative estimate of drug-likeness (QED) is 0.156. The lowest BCUT2D eigenvalue weighted by Gasteiger charge is -2.31. The van der Waals surface area contributed by atoms with Gasteiger partial charge >= 0.3 is 0 Å². The van der Waals surface area contributed by atoms with E-state index in [2.05, 4.69) is 15.3 Å². The molecule has 2 N–H and O–H groups in total. The fraction of sp³-hybridized carbons (Fsp3) is 0.279. The molecule has 11 heteroatoms. The summed E-state index contributed by atoms with van der Waals surface area (Å²) in [6.07, 6.45) is 5.22. The van der Waals surface area contributed by atoms with Crippen molar-refractivity contribution >= 4 is 34.4 Å². The summed E-state index contributed by atoms with van der Waals surface area (Å²) in [6, 6.07) is 31.7. The average Bonchev–Trinajstić information content (AvgIpc) is 4.02. The molecular formula is C43H43N7O4. The number of hydrogen-bond acceptors (Lipinski definition) is 7. The molecule has 2 fully saturated rings. The monoisotopic (exact) mass is 721 g/mol. The standard InChI is InChI=1S/C43H43N7O4/c1-48(2)39(29-14-7-4-8-15-29)43(53)50-23-11-19-36(50)41(52)45-32-17-9-16-31(25-32)42-44-27-37(54-42)30-20-21-33-34(26-30)47-40(46-33)35-18-10-22-49(35)38(51)24-28-12-5-3-6-13-28/h3-9,12-17,20-21,25-27,35-36,39H,10-11,18-19,22-24H2,1-2H3,(H,45,52)(H,46,47)/t35-,36-,39+/m0/s1. The molecule has 0 unspecified atom stereocenters. The van der Waals surface area contributed by atoms with Crippen LogP contribution in [0, 0.1) is 0 Å². The summed E-state index contributed by atoms with van der Waals surface area (Å²) in [5.74, 6) is 1.60. The Morgan fingerprint density at radius 1 is 0.870 bits per heavy atom. The number of amides is 3. The molecule has 6 aromatic rings. The fourth-order valence-corrected chi connectivity index (χ4v) is 7.82. The number of likely N-dealkylation sites (N-methyl/N-ethyl adjacent to an activating group) is 1. The first-order chi connectivity index (χ1) is 26.3. The van der Waals surface area contributed by atoms with Crippen LogP contribution in [0.25, 0.3) is 33.8 Å². The largest absolute Gasteiger partial charge is 0.436 e. The van der Waals surface area contributed by atoms with E-state index in [0.29, 0.717) is 42.3 Å². The van der Waals surface area contributed by atoms with Gasteiger partial charge in [-0.05, 0) is 87.3 Å². The van der Waals surface area contributed by atoms with Gasteiger partial charge in [-0.15, -0.1) is 0 Å². The highest BCUT2D eigenvalue weighted by atomic mass is 16.4. The Morgan fingerprint density at radius 3 is 2.43 bits per heavy atom. The van der Waals surface area contributed by atoms with Crippen LogP contribution in [0.4, 0.5) is 5.69 Å². The van der Waals surface area contributed by atoms with E-state index >= 15 is 0 Å². The number of H-pyrrole nitrogens is 1. The molecule has 0 bridgehead atoms. The predicted octanol–water partition coefficient (Wildman–Crippen LogP) is 7.02. The van der Waals surface area contributed by atoms with Crippen molar-refractivity contribution in [2.24, 2.45) is 0 Å². The lowest BCUT2D eigenvalue weighted by atomic mass is 10.0. The molecule has 4 heterocycles. The van der Waals surface area contributed by atoms with Crippen molar-refractivity contribution in [2.45, 2.75) is 50.2 Å². The number of aromatic nitrogens is 3. The molecule has 3 atom stereocenters. The fourth-order valence-electron chi connectivity index (χ4n) is 7.82. The second-order valence-electron chi connectivity index (χ2n) is 14.3. The number of aromatic amines is 1. The smallest absolute Gasteiger partial charge is 0.247 e. The van der Waals surface area contributed by atoms with E-state index in [9.17, 15) is 14.4 Å². The highest BCUT2D eigenvalue weighted by Gasteiger charge is 2.38. The third-order valence-corrected chi connectivity index (χ3v) is 10.5. The van der Waals surface area contributed by atoms with E-state index in [1.807, 2.05) is 127 Å². The number of rotatable bonds is 10. The van der Waals surface area contributed by atoms with Crippen LogP contribution in [0.1, 0.15) is 54.7 Å². The Balaban J connectivity index is 0.950. The highest BCUT2D eigenvalue weighted by Crippen LogP contribution is 2.34. The molecule has 0 spiro atoms. The summed E-state index contributed by atoms with van der Waals surface area (Å²) in [7, 11) is 3.77. The minimum Gasteiger partial charge on any atom is -0.436 e. The molecule has 11 nitrogen and oxygen atoms in total. The van der Waals surface area contributed by atoms with Crippen LogP contribution in [0.3, 0.4) is 0 Å². The van der Waals surface area contributed by atoms with Crippen LogP contribution < -0.4 is 5.32 Å². The summed E-state index contributed by atoms with van der Waals surface area (Å²) in [4.78, 5) is 59.2. The second kappa shape index (κ2) is 15.1. The summed E-state index contributed by atoms with van der Waals surface area (Å²) in [5.41, 5.74) is 5.72. The third-order valence-electron chi connectivity index (χ3n) is 10.5. The summed E-state index contributed by atoms with van der Waals surface area (Å²) in [6.45, 7) is 1.25. The number of oxazole rings is 1. The van der Waals surface area contributed by atoms with Crippen molar-refractivity contribution < 1.29 is 18.8 Å². The Hall–Kier alpha value is -6.07. The molecule has 54 heavy (non-hydrogen) atoms. The molecule has 0 saturated carbocycles. The molecule has 2 aromatic heterocycles. The maximum Gasteiger partial charge on any atom is 0.247 e. The SMILES string of the molecule is CN(C)[C@@H](C(=O)N1CCC[C@H]1C(=O)Nc1cccc(-c2ncc(-c3ccc4nc([C@@H]5CCCN5C(=O)Cc5ccccc5)[nH]c4c3)o2)c1)c1ccccc1. The number of carbonyl (C=O) groups is 3. The van der Waals surface area contributed by atoms with E-state index < -0.39 is 12.1 Å². The highest BCUT2D eigenvalue weighted by molar-refractivity contribution is 5.98. The predicted molar refractivity (Wildman–Crippen MR) is 207 cm³/mol. The second-order valence-corrected chi connectivity index (χ2v) is 14.3. The van der Waals surface area contributed by atoms with Crippen molar-refractivity contribution in [3.05, 3.63) is 126 Å². The van der Waals surface area contributed by atoms with E-state index in [-0.39, 0.29) is 23.8 Å². The zero-order chi connectivity index (χ0) is 37.2. The molecule has 3 amide bonds. The molecule has 274 valence electrons. The number of hydrogen-bond donors (Lipinski definition) is 2. The topological polar surface area (TPSA) is 128 Å². The van der Waals surface area contributed by atoms with Gasteiger partial charge in [0.1, 0.15) is 17.9 Å². The maximum atomic E-state index is 13.8. The van der Waals surface area contributed by atoms with Gasteiger partial charge in [-0.2, -0.15) is 0 Å². The van der Waals surface area contributed by atoms with Crippen molar-refractivity contribution in [1.82, 2.24) is 29.7 Å². The van der Waals surface area contributed by atoms with Gasteiger partial charge in [0.05, 0.1) is 29.7 Å². The van der Waals surface area contributed by atoms with Gasteiger partial charge in [0.2, 0.25) is 23.6 Å². The number of imidazole rings is 1. The minimum atomic E-state index is -0.565. The summed E-state index contributed by atoms with van der Waals surface area (Å²) >= 11 is 0. The Bertz CT molecular complexity index is 2280. The molecule has 4 aromatic carbocycles. The van der Waals surface area contributed by atoms with E-state index in [4.69, 9.17) is 9.40 Å². The molecule has 8 rings (SSSR count). The van der Waals surface area contributed by atoms with Crippen LogP contribution in [-0.2, 0) is 20.8 Å². The summed E-state index contributed by atoms with van der Waals surface area (Å²) in [5, 5.41) is 3.04. The van der Waals surface area contributed by atoms with Crippen LogP contribution >= 0.6 is 0 Å². The lowest BCUT2D eigenvalue weighted by molar-refractivity contribution is -0.140. The zero-order valence-corrected chi connectivity index (χ0v) is 30.4. The van der Waals surface area contributed by atoms with E-state index in [0.717, 1.165) is 59.4 Å². The van der Waals surface area contributed by atoms with Gasteiger partial charge in [0, 0.05) is 29.9 Å². The van der Waals surface area contributed by atoms with Gasteiger partial charge in [-0.25, -0.2) is 9.97 Å². The number of carbonyl (C=O) groups excluding carboxylic acids is 3. The van der Waals surface area contributed by atoms with Crippen molar-refractivity contribution in [1.29, 1.82) is 0 Å². The van der Waals surface area contributed by atoms with Gasteiger partial charge in [0.15, 0.2) is 5.76 Å². The van der Waals surface area contributed by atoms with Crippen LogP contribution in [-0.4, -0.2) is 80.6 Å². The van der Waals surface area contributed by atoms with Crippen LogP contribution in [0.2, 0.25) is 0 Å². The molecule has 0 radical (unpaired) electrons. The van der Waals surface area contributed by atoms with Crippen LogP contribution in [0.15, 0.2) is 114 Å². The maximum absolute atomic E-state index is 13.8. The number of benzene rings is 4. The summed E-state index contributed by atoms with van der Waals surface area (Å²) < 4.78 is 6.25. The van der Waals surface area contributed by atoms with Gasteiger partial charge in [-0.1, -0.05) is 66.7 Å². The van der Waals surface area contributed by atoms with Crippen molar-refractivity contribution in [3.63, 3.8) is 0 Å². The molecule has 2 aliphatic rings. The number of anilines is 1. The molecule has 2 saturated heterocycles. The number of likely N-dealkylation sites (tertiary alicyclic amines) is 2. The van der Waals surface area contributed by atoms with E-state index in [1.165, 1.54) is 0 Å². The first-order valence-electron chi connectivity index (χ1n) is 18.5. The number of fused-ring (bicyclic) bond motifs is 1. The average molecular weight is 722 g/mol. The Morgan fingerprint density at radius 2 is 1.63 bits per heavy atom.